The van der Waals surface area contributed by atoms with Crippen molar-refractivity contribution in [2.75, 3.05) is 56.1 Å². The molecule has 0 unspecified atom stereocenters. The van der Waals surface area contributed by atoms with Crippen LogP contribution < -0.4 is 10.2 Å². The Hall–Kier alpha value is -2.45. The first-order chi connectivity index (χ1) is 13.7. The summed E-state index contributed by atoms with van der Waals surface area (Å²) in [5.74, 6) is 2.24. The molecule has 0 bridgehead atoms. The summed E-state index contributed by atoms with van der Waals surface area (Å²) in [5, 5.41) is 12.4. The number of nitrogens with zero attached hydrogens (tertiary/aromatic N) is 4. The molecule has 1 aliphatic heterocycles. The van der Waals surface area contributed by atoms with Gasteiger partial charge in [0, 0.05) is 58.0 Å². The van der Waals surface area contributed by atoms with Crippen LogP contribution in [-0.2, 0) is 6.42 Å². The van der Waals surface area contributed by atoms with E-state index in [0.717, 1.165) is 37.6 Å². The van der Waals surface area contributed by atoms with E-state index >= 15 is 0 Å². The van der Waals surface area contributed by atoms with Crippen molar-refractivity contribution in [3.63, 3.8) is 0 Å². The fourth-order valence-electron chi connectivity index (χ4n) is 4.04. The molecule has 0 amide bonds. The van der Waals surface area contributed by atoms with E-state index in [1.54, 1.807) is 6.26 Å². The molecule has 2 aliphatic rings. The summed E-state index contributed by atoms with van der Waals surface area (Å²) in [6, 6.07) is 3.79. The van der Waals surface area contributed by atoms with E-state index in [2.05, 4.69) is 15.1 Å². The van der Waals surface area contributed by atoms with Gasteiger partial charge < -0.3 is 19.7 Å². The second kappa shape index (κ2) is 8.28. The lowest BCUT2D eigenvalue weighted by atomic mass is 9.84. The summed E-state index contributed by atoms with van der Waals surface area (Å²) in [6.07, 6.45) is 2.74. The van der Waals surface area contributed by atoms with Gasteiger partial charge in [-0.1, -0.05) is 0 Å². The van der Waals surface area contributed by atoms with E-state index < -0.39 is 0 Å². The molecule has 0 radical (unpaired) electrons. The van der Waals surface area contributed by atoms with E-state index in [1.165, 1.54) is 0 Å². The Morgan fingerprint density at radius 2 is 2.07 bits per heavy atom. The van der Waals surface area contributed by atoms with E-state index in [4.69, 9.17) is 19.5 Å². The second-order valence-corrected chi connectivity index (χ2v) is 7.32. The lowest BCUT2D eigenvalue weighted by Gasteiger charge is -2.35. The molecule has 1 aliphatic carbocycles. The van der Waals surface area contributed by atoms with Gasteiger partial charge in [-0.25, -0.2) is 4.98 Å². The lowest BCUT2D eigenvalue weighted by molar-refractivity contribution is 0.0959. The first-order valence-electron chi connectivity index (χ1n) is 9.99. The van der Waals surface area contributed by atoms with Crippen molar-refractivity contribution < 1.29 is 14.3 Å². The monoisotopic (exact) mass is 385 g/mol. The van der Waals surface area contributed by atoms with E-state index in [-0.39, 0.29) is 18.3 Å². The summed E-state index contributed by atoms with van der Waals surface area (Å²) in [6.45, 7) is 6.91. The van der Waals surface area contributed by atoms with Crippen LogP contribution in [0.15, 0.2) is 22.8 Å². The van der Waals surface area contributed by atoms with Gasteiger partial charge in [0.1, 0.15) is 11.6 Å². The zero-order valence-corrected chi connectivity index (χ0v) is 16.2. The molecule has 1 atom stereocenters. The van der Waals surface area contributed by atoms with E-state index in [1.807, 2.05) is 19.1 Å². The zero-order chi connectivity index (χ0) is 19.5. The maximum atomic E-state index is 12.9. The van der Waals surface area contributed by atoms with Gasteiger partial charge in [-0.2, -0.15) is 4.98 Å². The SMILES string of the molecule is CCNc1nc(N2CCN(CCO)CC2)nc2c1C(=O)C[C@@H](c1ccco1)C2. The van der Waals surface area contributed by atoms with Gasteiger partial charge in [0.05, 0.1) is 24.1 Å². The van der Waals surface area contributed by atoms with Crippen molar-refractivity contribution in [3.05, 3.63) is 35.4 Å². The molecule has 1 saturated heterocycles. The topological polar surface area (TPSA) is 94.7 Å². The van der Waals surface area contributed by atoms with Gasteiger partial charge in [0.25, 0.3) is 0 Å². The van der Waals surface area contributed by atoms with Crippen molar-refractivity contribution >= 4 is 17.5 Å². The molecular weight excluding hydrogens is 358 g/mol. The van der Waals surface area contributed by atoms with E-state index in [9.17, 15) is 4.79 Å². The van der Waals surface area contributed by atoms with Crippen molar-refractivity contribution in [2.24, 2.45) is 0 Å². The number of carbonyl (C=O) groups excluding carboxylic acids is 1. The van der Waals surface area contributed by atoms with Gasteiger partial charge in [0.15, 0.2) is 5.78 Å². The van der Waals surface area contributed by atoms with Crippen molar-refractivity contribution in [3.8, 4) is 0 Å². The van der Waals surface area contributed by atoms with Crippen LogP contribution in [0.1, 0.15) is 41.1 Å². The number of aliphatic hydroxyl groups excluding tert-OH is 1. The fourth-order valence-corrected chi connectivity index (χ4v) is 4.04. The number of Topliss-reactive ketones (excluding diaryl/α,β-unsaturated/α-hetero) is 1. The number of β-amino-alcohol motifs (C(OH)–C–C–N with tert-alkyl or cyclic N) is 1. The number of piperazine rings is 1. The van der Waals surface area contributed by atoms with Crippen LogP contribution in [0.4, 0.5) is 11.8 Å². The quantitative estimate of drug-likeness (QED) is 0.773. The maximum absolute atomic E-state index is 12.9. The molecule has 1 fully saturated rings. The standard InChI is InChI=1S/C20H27N5O3/c1-2-21-19-18-15(12-14(13-16(18)27)17-4-3-11-28-17)22-20(23-19)25-7-5-24(6-8-25)9-10-26/h3-4,11,14,26H,2,5-10,12-13H2,1H3,(H,21,22,23)/t14-/m0/s1. The molecule has 150 valence electrons. The summed E-state index contributed by atoms with van der Waals surface area (Å²) < 4.78 is 5.55. The van der Waals surface area contributed by atoms with Crippen LogP contribution >= 0.6 is 0 Å². The average Bonchev–Trinajstić information content (AvgIpc) is 3.23. The Kier molecular flexibility index (Phi) is 5.59. The van der Waals surface area contributed by atoms with Crippen LogP contribution in [0.3, 0.4) is 0 Å². The Bertz CT molecular complexity index is 815. The van der Waals surface area contributed by atoms with Crippen molar-refractivity contribution in [1.82, 2.24) is 14.9 Å². The van der Waals surface area contributed by atoms with Gasteiger partial charge in [-0.3, -0.25) is 9.69 Å². The molecule has 0 aromatic carbocycles. The van der Waals surface area contributed by atoms with Crippen LogP contribution in [0.5, 0.6) is 0 Å². The minimum atomic E-state index is 0.0219. The summed E-state index contributed by atoms with van der Waals surface area (Å²) in [5.41, 5.74) is 1.43. The molecule has 8 heteroatoms. The zero-order valence-electron chi connectivity index (χ0n) is 16.2. The first-order valence-corrected chi connectivity index (χ1v) is 9.99. The Morgan fingerprint density at radius 3 is 2.75 bits per heavy atom. The van der Waals surface area contributed by atoms with Gasteiger partial charge in [-0.15, -0.1) is 0 Å². The van der Waals surface area contributed by atoms with Crippen LogP contribution in [0.25, 0.3) is 0 Å². The predicted octanol–water partition coefficient (Wildman–Crippen LogP) is 1.53. The number of aliphatic hydroxyl groups is 1. The number of aromatic nitrogens is 2. The minimum Gasteiger partial charge on any atom is -0.469 e. The number of rotatable bonds is 6. The van der Waals surface area contributed by atoms with Crippen LogP contribution in [-0.4, -0.2) is 71.6 Å². The normalized spacial score (nSPS) is 20.3. The molecule has 8 nitrogen and oxygen atoms in total. The Morgan fingerprint density at radius 1 is 1.25 bits per heavy atom. The third kappa shape index (κ3) is 3.74. The molecule has 28 heavy (non-hydrogen) atoms. The van der Waals surface area contributed by atoms with Gasteiger partial charge in [0.2, 0.25) is 5.95 Å². The number of nitrogens with one attached hydrogen (secondary N) is 1. The molecular formula is C20H27N5O3. The van der Waals surface area contributed by atoms with Gasteiger partial charge >= 0.3 is 0 Å². The lowest BCUT2D eigenvalue weighted by Crippen LogP contribution is -2.48. The highest BCUT2D eigenvalue weighted by atomic mass is 16.3. The number of ketones is 1. The molecule has 2 aromatic heterocycles. The highest BCUT2D eigenvalue weighted by molar-refractivity contribution is 6.03. The average molecular weight is 385 g/mol. The molecule has 2 aromatic rings. The Labute approximate surface area is 164 Å². The third-order valence-electron chi connectivity index (χ3n) is 5.48. The summed E-state index contributed by atoms with van der Waals surface area (Å²) in [4.78, 5) is 26.8. The van der Waals surface area contributed by atoms with Gasteiger partial charge in [-0.05, 0) is 19.1 Å². The number of hydrogen-bond acceptors (Lipinski definition) is 8. The van der Waals surface area contributed by atoms with Crippen molar-refractivity contribution in [2.45, 2.75) is 25.7 Å². The third-order valence-corrected chi connectivity index (χ3v) is 5.48. The van der Waals surface area contributed by atoms with Crippen LogP contribution in [0, 0.1) is 0 Å². The first kappa shape index (κ1) is 18.9. The largest absolute Gasteiger partial charge is 0.469 e. The smallest absolute Gasteiger partial charge is 0.227 e. The highest BCUT2D eigenvalue weighted by Crippen LogP contribution is 2.35. The number of hydrogen-bond donors (Lipinski definition) is 2. The number of anilines is 2. The predicted molar refractivity (Wildman–Crippen MR) is 106 cm³/mol. The second-order valence-electron chi connectivity index (χ2n) is 7.32. The maximum Gasteiger partial charge on any atom is 0.227 e. The van der Waals surface area contributed by atoms with Crippen LogP contribution in [0.2, 0.25) is 0 Å². The molecule has 0 spiro atoms. The van der Waals surface area contributed by atoms with Crippen molar-refractivity contribution in [1.29, 1.82) is 0 Å². The highest BCUT2D eigenvalue weighted by Gasteiger charge is 2.33. The minimum absolute atomic E-state index is 0.0219. The number of furan rings is 1. The number of carbonyl (C=O) groups is 1. The summed E-state index contributed by atoms with van der Waals surface area (Å²) >= 11 is 0. The van der Waals surface area contributed by atoms with E-state index in [0.29, 0.717) is 43.3 Å². The molecule has 4 rings (SSSR count). The number of fused-ring (bicyclic) bond motifs is 1. The molecule has 0 saturated carbocycles. The molecule has 2 N–H and O–H groups in total. The fraction of sp³-hybridized carbons (Fsp3) is 0.550. The molecule has 3 heterocycles. The summed E-state index contributed by atoms with van der Waals surface area (Å²) in [7, 11) is 0. The Balaban J connectivity index is 1.62.